The predicted molar refractivity (Wildman–Crippen MR) is 73.7 cm³/mol. The summed E-state index contributed by atoms with van der Waals surface area (Å²) in [4.78, 5) is 10.5. The fourth-order valence-electron chi connectivity index (χ4n) is 2.00. The zero-order chi connectivity index (χ0) is 14.0. The number of nitrogens with zero attached hydrogens (tertiary/aromatic N) is 3. The zero-order valence-electron chi connectivity index (χ0n) is 11.2. The van der Waals surface area contributed by atoms with E-state index in [2.05, 4.69) is 10.4 Å². The second-order valence-corrected chi connectivity index (χ2v) is 4.46. The van der Waals surface area contributed by atoms with Gasteiger partial charge < -0.3 is 5.32 Å². The van der Waals surface area contributed by atoms with Crippen LogP contribution in [0.1, 0.15) is 18.2 Å². The summed E-state index contributed by atoms with van der Waals surface area (Å²) in [5.41, 5.74) is 3.45. The molecule has 0 radical (unpaired) electrons. The molecule has 6 nitrogen and oxygen atoms in total. The fourth-order valence-corrected chi connectivity index (χ4v) is 2.00. The molecule has 0 spiro atoms. The van der Waals surface area contributed by atoms with Crippen molar-refractivity contribution in [1.29, 1.82) is 0 Å². The minimum atomic E-state index is -0.387. The molecule has 0 bridgehead atoms. The van der Waals surface area contributed by atoms with E-state index >= 15 is 0 Å². The van der Waals surface area contributed by atoms with Crippen LogP contribution < -0.4 is 5.32 Å². The minimum absolute atomic E-state index is 0.0874. The Balaban J connectivity index is 2.35. The van der Waals surface area contributed by atoms with Gasteiger partial charge in [0.25, 0.3) is 5.69 Å². The third-order valence-corrected chi connectivity index (χ3v) is 2.79. The number of benzene rings is 1. The van der Waals surface area contributed by atoms with E-state index in [-0.39, 0.29) is 10.6 Å². The number of hydrogen-bond donors (Lipinski definition) is 1. The minimum Gasteiger partial charge on any atom is -0.353 e. The van der Waals surface area contributed by atoms with E-state index in [1.165, 1.54) is 6.07 Å². The third-order valence-electron chi connectivity index (χ3n) is 2.79. The van der Waals surface area contributed by atoms with Gasteiger partial charge in [0, 0.05) is 31.1 Å². The molecule has 2 rings (SSSR count). The molecule has 0 saturated heterocycles. The SMILES string of the molecule is CCc1nn(C)cc1Nc1cc(C)cc([N+](=O)[O-])c1. The molecule has 0 unspecified atom stereocenters. The van der Waals surface area contributed by atoms with Gasteiger partial charge in [0.1, 0.15) is 0 Å². The molecule has 0 aliphatic rings. The van der Waals surface area contributed by atoms with Crippen molar-refractivity contribution >= 4 is 17.1 Å². The molecule has 6 heteroatoms. The van der Waals surface area contributed by atoms with E-state index in [9.17, 15) is 10.1 Å². The number of aromatic nitrogens is 2. The van der Waals surface area contributed by atoms with Gasteiger partial charge in [-0.1, -0.05) is 6.92 Å². The second kappa shape index (κ2) is 5.09. The van der Waals surface area contributed by atoms with Gasteiger partial charge in [0.2, 0.25) is 0 Å². The van der Waals surface area contributed by atoms with Crippen LogP contribution in [0.5, 0.6) is 0 Å². The molecule has 0 fully saturated rings. The van der Waals surface area contributed by atoms with Crippen LogP contribution in [0.25, 0.3) is 0 Å². The lowest BCUT2D eigenvalue weighted by atomic mass is 10.2. The Morgan fingerprint density at radius 3 is 2.79 bits per heavy atom. The molecule has 0 aliphatic heterocycles. The highest BCUT2D eigenvalue weighted by Gasteiger charge is 2.10. The van der Waals surface area contributed by atoms with Gasteiger partial charge in [0.05, 0.1) is 16.3 Å². The molecular weight excluding hydrogens is 244 g/mol. The van der Waals surface area contributed by atoms with Crippen LogP contribution in [0.2, 0.25) is 0 Å². The van der Waals surface area contributed by atoms with Crippen molar-refractivity contribution < 1.29 is 4.92 Å². The molecular formula is C13H16N4O2. The molecule has 1 heterocycles. The first-order valence-corrected chi connectivity index (χ1v) is 6.05. The van der Waals surface area contributed by atoms with Crippen molar-refractivity contribution in [1.82, 2.24) is 9.78 Å². The van der Waals surface area contributed by atoms with Crippen molar-refractivity contribution in [2.24, 2.45) is 7.05 Å². The quantitative estimate of drug-likeness (QED) is 0.677. The van der Waals surface area contributed by atoms with Crippen LogP contribution in [0.3, 0.4) is 0 Å². The lowest BCUT2D eigenvalue weighted by Gasteiger charge is -2.06. The highest BCUT2D eigenvalue weighted by Crippen LogP contribution is 2.25. The Morgan fingerprint density at radius 2 is 2.16 bits per heavy atom. The van der Waals surface area contributed by atoms with Crippen molar-refractivity contribution in [3.8, 4) is 0 Å². The highest BCUT2D eigenvalue weighted by atomic mass is 16.6. The number of nitrogens with one attached hydrogen (secondary N) is 1. The van der Waals surface area contributed by atoms with Crippen LogP contribution in [0.15, 0.2) is 24.4 Å². The largest absolute Gasteiger partial charge is 0.353 e. The molecule has 1 N–H and O–H groups in total. The average molecular weight is 260 g/mol. The van der Waals surface area contributed by atoms with E-state index < -0.39 is 0 Å². The maximum atomic E-state index is 10.8. The topological polar surface area (TPSA) is 73.0 Å². The number of nitro benzene ring substituents is 1. The number of hydrogen-bond acceptors (Lipinski definition) is 4. The summed E-state index contributed by atoms with van der Waals surface area (Å²) < 4.78 is 1.73. The van der Waals surface area contributed by atoms with E-state index in [0.29, 0.717) is 5.69 Å². The van der Waals surface area contributed by atoms with Crippen molar-refractivity contribution in [2.75, 3.05) is 5.32 Å². The lowest BCUT2D eigenvalue weighted by Crippen LogP contribution is -1.96. The van der Waals surface area contributed by atoms with E-state index in [0.717, 1.165) is 23.4 Å². The average Bonchev–Trinajstić information content (AvgIpc) is 2.68. The van der Waals surface area contributed by atoms with Gasteiger partial charge in [-0.05, 0) is 25.0 Å². The number of rotatable bonds is 4. The van der Waals surface area contributed by atoms with Gasteiger partial charge in [-0.3, -0.25) is 14.8 Å². The number of anilines is 2. The van der Waals surface area contributed by atoms with E-state index in [1.54, 1.807) is 10.7 Å². The number of aryl methyl sites for hydroxylation is 3. The summed E-state index contributed by atoms with van der Waals surface area (Å²) in [6, 6.07) is 4.95. The highest BCUT2D eigenvalue weighted by molar-refractivity contribution is 5.64. The van der Waals surface area contributed by atoms with Gasteiger partial charge in [-0.25, -0.2) is 0 Å². The van der Waals surface area contributed by atoms with E-state index in [1.807, 2.05) is 33.2 Å². The maximum Gasteiger partial charge on any atom is 0.271 e. The van der Waals surface area contributed by atoms with Crippen LogP contribution in [-0.2, 0) is 13.5 Å². The first-order chi connectivity index (χ1) is 8.99. The molecule has 1 aromatic heterocycles. The number of non-ortho nitro benzene ring substituents is 1. The summed E-state index contributed by atoms with van der Waals surface area (Å²) in [5, 5.41) is 18.4. The van der Waals surface area contributed by atoms with Gasteiger partial charge >= 0.3 is 0 Å². The number of nitro groups is 1. The Kier molecular flexibility index (Phi) is 3.50. The summed E-state index contributed by atoms with van der Waals surface area (Å²) >= 11 is 0. The zero-order valence-corrected chi connectivity index (χ0v) is 11.2. The molecule has 100 valence electrons. The lowest BCUT2D eigenvalue weighted by molar-refractivity contribution is -0.384. The summed E-state index contributed by atoms with van der Waals surface area (Å²) in [6.07, 6.45) is 2.67. The fraction of sp³-hybridized carbons (Fsp3) is 0.308. The maximum absolute atomic E-state index is 10.8. The third kappa shape index (κ3) is 2.90. The van der Waals surface area contributed by atoms with E-state index in [4.69, 9.17) is 0 Å². The first-order valence-electron chi connectivity index (χ1n) is 6.05. The Bertz CT molecular complexity index is 619. The van der Waals surface area contributed by atoms with Gasteiger partial charge in [-0.15, -0.1) is 0 Å². The molecule has 19 heavy (non-hydrogen) atoms. The summed E-state index contributed by atoms with van der Waals surface area (Å²) in [7, 11) is 1.85. The molecule has 2 aromatic rings. The Labute approximate surface area is 111 Å². The van der Waals surface area contributed by atoms with Gasteiger partial charge in [-0.2, -0.15) is 5.10 Å². The smallest absolute Gasteiger partial charge is 0.271 e. The van der Waals surface area contributed by atoms with Crippen LogP contribution in [0, 0.1) is 17.0 Å². The first kappa shape index (κ1) is 13.1. The predicted octanol–water partition coefficient (Wildman–Crippen LogP) is 2.94. The Morgan fingerprint density at radius 1 is 1.42 bits per heavy atom. The van der Waals surface area contributed by atoms with Gasteiger partial charge in [0.15, 0.2) is 0 Å². The normalized spacial score (nSPS) is 10.5. The molecule has 1 aromatic carbocycles. The Hall–Kier alpha value is -2.37. The van der Waals surface area contributed by atoms with Crippen molar-refractivity contribution in [3.05, 3.63) is 45.8 Å². The molecule has 0 amide bonds. The summed E-state index contributed by atoms with van der Waals surface area (Å²) in [5.74, 6) is 0. The molecule has 0 aliphatic carbocycles. The van der Waals surface area contributed by atoms with Crippen LogP contribution in [-0.4, -0.2) is 14.7 Å². The monoisotopic (exact) mass is 260 g/mol. The van der Waals surface area contributed by atoms with Crippen LogP contribution >= 0.6 is 0 Å². The molecule has 0 atom stereocenters. The van der Waals surface area contributed by atoms with Crippen LogP contribution in [0.4, 0.5) is 17.1 Å². The molecule has 0 saturated carbocycles. The van der Waals surface area contributed by atoms with Crippen molar-refractivity contribution in [2.45, 2.75) is 20.3 Å². The second-order valence-electron chi connectivity index (χ2n) is 4.46. The van der Waals surface area contributed by atoms with Crippen molar-refractivity contribution in [3.63, 3.8) is 0 Å². The summed E-state index contributed by atoms with van der Waals surface area (Å²) in [6.45, 7) is 3.86. The standard InChI is InChI=1S/C13H16N4O2/c1-4-12-13(8-16(3)15-12)14-10-5-9(2)6-11(7-10)17(18)19/h5-8,14H,4H2,1-3H3.